The first-order valence-electron chi connectivity index (χ1n) is 9.98. The van der Waals surface area contributed by atoms with Crippen LogP contribution in [0.25, 0.3) is 5.57 Å². The van der Waals surface area contributed by atoms with Gasteiger partial charge in [0.05, 0.1) is 25.5 Å². The second-order valence-corrected chi connectivity index (χ2v) is 7.76. The molecule has 2 amide bonds. The highest BCUT2D eigenvalue weighted by Gasteiger charge is 2.41. The van der Waals surface area contributed by atoms with Gasteiger partial charge in [-0.3, -0.25) is 9.59 Å². The molecule has 3 aromatic carbocycles. The average molecular weight is 467 g/mol. The first-order valence-corrected chi connectivity index (χ1v) is 10.4. The molecule has 0 saturated carbocycles. The van der Waals surface area contributed by atoms with Crippen molar-refractivity contribution in [1.29, 1.82) is 0 Å². The summed E-state index contributed by atoms with van der Waals surface area (Å²) in [5.74, 6) is -0.584. The number of carbonyl (C=O) groups is 2. The smallest absolute Gasteiger partial charge is 0.282 e. The maximum Gasteiger partial charge on any atom is 0.282 e. The van der Waals surface area contributed by atoms with Crippen molar-refractivity contribution in [3.05, 3.63) is 88.3 Å². The molecule has 0 bridgehead atoms. The van der Waals surface area contributed by atoms with E-state index in [1.165, 1.54) is 38.5 Å². The largest absolute Gasteiger partial charge is 0.493 e. The van der Waals surface area contributed by atoms with E-state index in [-0.39, 0.29) is 11.3 Å². The molecule has 8 heteroatoms. The van der Waals surface area contributed by atoms with Crippen LogP contribution in [0.5, 0.6) is 11.5 Å². The van der Waals surface area contributed by atoms with E-state index < -0.39 is 17.6 Å². The monoisotopic (exact) mass is 466 g/mol. The number of halogens is 2. The summed E-state index contributed by atoms with van der Waals surface area (Å²) in [5, 5.41) is 3.44. The molecule has 0 atom stereocenters. The number of methoxy groups -OCH3 is 2. The van der Waals surface area contributed by atoms with Crippen LogP contribution in [0, 0.1) is 12.7 Å². The van der Waals surface area contributed by atoms with Crippen LogP contribution >= 0.6 is 11.6 Å². The number of nitrogens with zero attached hydrogens (tertiary/aromatic N) is 1. The van der Waals surface area contributed by atoms with Gasteiger partial charge in [-0.1, -0.05) is 29.8 Å². The molecule has 0 saturated heterocycles. The lowest BCUT2D eigenvalue weighted by Crippen LogP contribution is -2.33. The van der Waals surface area contributed by atoms with E-state index in [4.69, 9.17) is 21.1 Å². The molecule has 0 aliphatic carbocycles. The third-order valence-electron chi connectivity index (χ3n) is 5.28. The van der Waals surface area contributed by atoms with E-state index in [9.17, 15) is 14.0 Å². The molecule has 6 nitrogen and oxygen atoms in total. The lowest BCUT2D eigenvalue weighted by atomic mass is 10.0. The van der Waals surface area contributed by atoms with E-state index in [0.29, 0.717) is 39.0 Å². The summed E-state index contributed by atoms with van der Waals surface area (Å²) in [4.78, 5) is 28.1. The number of amides is 2. The van der Waals surface area contributed by atoms with Crippen molar-refractivity contribution in [2.75, 3.05) is 24.4 Å². The summed E-state index contributed by atoms with van der Waals surface area (Å²) < 4.78 is 24.1. The SMILES string of the molecule is COc1ccc(NC2=C(c3ccc(F)cc3)C(=O)N(c3cc(Cl)ccc3C)C2=O)cc1OC. The number of aryl methyl sites for hydroxylation is 1. The van der Waals surface area contributed by atoms with E-state index >= 15 is 0 Å². The quantitative estimate of drug-likeness (QED) is 0.506. The van der Waals surface area contributed by atoms with Gasteiger partial charge >= 0.3 is 0 Å². The lowest BCUT2D eigenvalue weighted by Gasteiger charge is -2.18. The third-order valence-corrected chi connectivity index (χ3v) is 5.52. The molecule has 1 aliphatic heterocycles. The van der Waals surface area contributed by atoms with Crippen LogP contribution < -0.4 is 19.7 Å². The zero-order chi connectivity index (χ0) is 23.7. The van der Waals surface area contributed by atoms with Crippen LogP contribution in [0.3, 0.4) is 0 Å². The molecule has 1 aliphatic rings. The van der Waals surface area contributed by atoms with E-state index in [0.717, 1.165) is 4.90 Å². The van der Waals surface area contributed by atoms with Crippen molar-refractivity contribution in [1.82, 2.24) is 0 Å². The van der Waals surface area contributed by atoms with Gasteiger partial charge in [-0.25, -0.2) is 9.29 Å². The van der Waals surface area contributed by atoms with Gasteiger partial charge in [0.15, 0.2) is 11.5 Å². The van der Waals surface area contributed by atoms with Gasteiger partial charge in [0.25, 0.3) is 11.8 Å². The summed E-state index contributed by atoms with van der Waals surface area (Å²) in [7, 11) is 3.02. The van der Waals surface area contributed by atoms with Gasteiger partial charge in [0, 0.05) is 16.8 Å². The number of nitrogens with one attached hydrogen (secondary N) is 1. The summed E-state index contributed by atoms with van der Waals surface area (Å²) in [5.41, 5.74) is 2.16. The fraction of sp³-hybridized carbons (Fsp3) is 0.120. The van der Waals surface area contributed by atoms with Crippen LogP contribution in [0.4, 0.5) is 15.8 Å². The molecule has 0 unspecified atom stereocenters. The minimum Gasteiger partial charge on any atom is -0.493 e. The highest BCUT2D eigenvalue weighted by molar-refractivity contribution is 6.46. The molecular formula is C25H20ClFN2O4. The van der Waals surface area contributed by atoms with Crippen molar-refractivity contribution < 1.29 is 23.5 Å². The van der Waals surface area contributed by atoms with Gasteiger partial charge < -0.3 is 14.8 Å². The normalized spacial score (nSPS) is 13.5. The molecule has 33 heavy (non-hydrogen) atoms. The number of benzene rings is 3. The Morgan fingerprint density at radius 1 is 0.879 bits per heavy atom. The van der Waals surface area contributed by atoms with Crippen molar-refractivity contribution in [3.8, 4) is 11.5 Å². The number of imide groups is 1. The van der Waals surface area contributed by atoms with Crippen molar-refractivity contribution in [2.24, 2.45) is 0 Å². The predicted molar refractivity (Wildman–Crippen MR) is 125 cm³/mol. The summed E-state index contributed by atoms with van der Waals surface area (Å²) in [6, 6.07) is 15.4. The van der Waals surface area contributed by atoms with Crippen molar-refractivity contribution in [2.45, 2.75) is 6.92 Å². The Morgan fingerprint density at radius 2 is 1.58 bits per heavy atom. The first-order chi connectivity index (χ1) is 15.8. The Bertz CT molecular complexity index is 1290. The Labute approximate surface area is 195 Å². The molecule has 1 heterocycles. The molecule has 1 N–H and O–H groups in total. The van der Waals surface area contributed by atoms with Gasteiger partial charge in [0.2, 0.25) is 0 Å². The van der Waals surface area contributed by atoms with E-state index in [2.05, 4.69) is 5.32 Å². The Morgan fingerprint density at radius 3 is 2.24 bits per heavy atom. The summed E-state index contributed by atoms with van der Waals surface area (Å²) in [6.45, 7) is 1.78. The Balaban J connectivity index is 1.84. The number of ether oxygens (including phenoxy) is 2. The van der Waals surface area contributed by atoms with Crippen LogP contribution in [0.15, 0.2) is 66.4 Å². The molecule has 0 spiro atoms. The molecular weight excluding hydrogens is 447 g/mol. The highest BCUT2D eigenvalue weighted by atomic mass is 35.5. The average Bonchev–Trinajstić information content (AvgIpc) is 3.05. The summed E-state index contributed by atoms with van der Waals surface area (Å²) >= 11 is 6.14. The zero-order valence-corrected chi connectivity index (χ0v) is 18.9. The maximum absolute atomic E-state index is 13.6. The number of carbonyl (C=O) groups excluding carboxylic acids is 2. The van der Waals surface area contributed by atoms with E-state index in [1.54, 1.807) is 43.3 Å². The number of anilines is 2. The fourth-order valence-corrected chi connectivity index (χ4v) is 3.80. The third kappa shape index (κ3) is 4.15. The number of hydrogen-bond donors (Lipinski definition) is 1. The van der Waals surface area contributed by atoms with Gasteiger partial charge in [-0.15, -0.1) is 0 Å². The second-order valence-electron chi connectivity index (χ2n) is 7.33. The summed E-state index contributed by atoms with van der Waals surface area (Å²) in [6.07, 6.45) is 0. The molecule has 4 rings (SSSR count). The van der Waals surface area contributed by atoms with Crippen LogP contribution in [-0.2, 0) is 9.59 Å². The number of hydrogen-bond acceptors (Lipinski definition) is 5. The number of rotatable bonds is 6. The maximum atomic E-state index is 13.6. The van der Waals surface area contributed by atoms with Crippen LogP contribution in [-0.4, -0.2) is 26.0 Å². The minimum absolute atomic E-state index is 0.0539. The predicted octanol–water partition coefficient (Wildman–Crippen LogP) is 5.20. The minimum atomic E-state index is -0.556. The first kappa shape index (κ1) is 22.4. The fourth-order valence-electron chi connectivity index (χ4n) is 3.63. The Hall–Kier alpha value is -3.84. The molecule has 0 aromatic heterocycles. The van der Waals surface area contributed by atoms with Crippen molar-refractivity contribution in [3.63, 3.8) is 0 Å². The molecule has 0 radical (unpaired) electrons. The second kappa shape index (κ2) is 8.96. The van der Waals surface area contributed by atoms with Crippen LogP contribution in [0.1, 0.15) is 11.1 Å². The molecule has 0 fully saturated rings. The molecule has 3 aromatic rings. The standard InChI is InChI=1S/C25H20ClFN2O4/c1-14-4-7-16(26)12-19(14)29-24(30)22(15-5-8-17(27)9-6-15)23(25(29)31)28-18-10-11-20(32-2)21(13-18)33-3/h4-13,28H,1-3H3. The van der Waals surface area contributed by atoms with Gasteiger partial charge in [-0.2, -0.15) is 0 Å². The molecule has 168 valence electrons. The zero-order valence-electron chi connectivity index (χ0n) is 18.1. The lowest BCUT2D eigenvalue weighted by molar-refractivity contribution is -0.120. The topological polar surface area (TPSA) is 67.9 Å². The van der Waals surface area contributed by atoms with E-state index in [1.807, 2.05) is 0 Å². The Kier molecular flexibility index (Phi) is 6.07. The van der Waals surface area contributed by atoms with Crippen LogP contribution in [0.2, 0.25) is 5.02 Å². The van der Waals surface area contributed by atoms with Gasteiger partial charge in [-0.05, 0) is 54.4 Å². The van der Waals surface area contributed by atoms with Crippen molar-refractivity contribution >= 4 is 40.4 Å². The highest BCUT2D eigenvalue weighted by Crippen LogP contribution is 2.37. The van der Waals surface area contributed by atoms with Gasteiger partial charge in [0.1, 0.15) is 11.5 Å².